The molecular weight excluding hydrogens is 425 g/mol. The Balaban J connectivity index is 1.57. The molecule has 3 saturated carbocycles. The first-order chi connectivity index (χ1) is 14.7. The van der Waals surface area contributed by atoms with Gasteiger partial charge in [-0.3, -0.25) is 14.4 Å². The van der Waals surface area contributed by atoms with E-state index in [1.807, 2.05) is 0 Å². The summed E-state index contributed by atoms with van der Waals surface area (Å²) in [5.41, 5.74) is 5.09. The summed E-state index contributed by atoms with van der Waals surface area (Å²) >= 11 is 6.06. The molecule has 5 rings (SSSR count). The lowest BCUT2D eigenvalue weighted by Crippen LogP contribution is -2.52. The number of hydrogen-bond donors (Lipinski definition) is 3. The van der Waals surface area contributed by atoms with Crippen LogP contribution in [0.4, 0.5) is 10.1 Å². The number of aromatic nitrogens is 2. The maximum Gasteiger partial charge on any atom is 0.272 e. The fourth-order valence-corrected chi connectivity index (χ4v) is 5.16. The van der Waals surface area contributed by atoms with E-state index >= 15 is 0 Å². The van der Waals surface area contributed by atoms with Gasteiger partial charge in [-0.15, -0.1) is 0 Å². The van der Waals surface area contributed by atoms with E-state index in [4.69, 9.17) is 17.3 Å². The normalized spacial score (nSPS) is 24.6. The lowest BCUT2D eigenvalue weighted by molar-refractivity contribution is -0.134. The van der Waals surface area contributed by atoms with Crippen molar-refractivity contribution < 1.29 is 18.8 Å². The molecule has 2 bridgehead atoms. The molecule has 1 heterocycles. The smallest absolute Gasteiger partial charge is 0.272 e. The topological polar surface area (TPSA) is 119 Å². The first-order valence-electron chi connectivity index (χ1n) is 10.1. The molecular formula is C21H23ClFN5O3. The van der Waals surface area contributed by atoms with Crippen LogP contribution in [0.5, 0.6) is 0 Å². The predicted octanol–water partition coefficient (Wildman–Crippen LogP) is 2.82. The van der Waals surface area contributed by atoms with Crippen LogP contribution in [0.1, 0.15) is 59.5 Å². The van der Waals surface area contributed by atoms with E-state index < -0.39 is 28.6 Å². The molecule has 3 aliphatic carbocycles. The highest BCUT2D eigenvalue weighted by molar-refractivity contribution is 6.33. The number of amides is 3. The largest absolute Gasteiger partial charge is 0.364 e. The molecule has 4 N–H and O–H groups in total. The first kappa shape index (κ1) is 21.3. The molecule has 0 atom stereocenters. The number of nitrogens with two attached hydrogens (primary N) is 1. The van der Waals surface area contributed by atoms with Gasteiger partial charge in [0.05, 0.1) is 17.0 Å². The number of nitrogens with zero attached hydrogens (tertiary/aromatic N) is 2. The second-order valence-corrected chi connectivity index (χ2v) is 8.75. The number of imidazole rings is 1. The highest BCUT2D eigenvalue weighted by Gasteiger charge is 2.54. The second kappa shape index (κ2) is 7.64. The SMILES string of the molecule is CNC(=O)c1ncn(C23CCC(C(=O)Nc4ccc(F)cc4Cl)(CC2)CC3)c1C(N)=O. The zero-order chi connectivity index (χ0) is 22.4. The Hall–Kier alpha value is -2.94. The number of carbonyl (C=O) groups is 3. The number of halogens is 2. The maximum absolute atomic E-state index is 13.3. The van der Waals surface area contributed by atoms with E-state index in [9.17, 15) is 18.8 Å². The van der Waals surface area contributed by atoms with Crippen LogP contribution in [0.3, 0.4) is 0 Å². The van der Waals surface area contributed by atoms with Crippen LogP contribution >= 0.6 is 11.6 Å². The van der Waals surface area contributed by atoms with E-state index in [1.54, 1.807) is 4.57 Å². The molecule has 1 aromatic carbocycles. The van der Waals surface area contributed by atoms with E-state index in [1.165, 1.54) is 25.5 Å². The Morgan fingerprint density at radius 1 is 1.16 bits per heavy atom. The minimum absolute atomic E-state index is 0.00970. The van der Waals surface area contributed by atoms with Crippen LogP contribution in [0.15, 0.2) is 24.5 Å². The lowest BCUT2D eigenvalue weighted by Gasteiger charge is -2.53. The fraction of sp³-hybridized carbons (Fsp3) is 0.429. The number of hydrogen-bond acceptors (Lipinski definition) is 4. The van der Waals surface area contributed by atoms with Crippen molar-refractivity contribution in [2.75, 3.05) is 12.4 Å². The molecule has 0 radical (unpaired) electrons. The molecule has 2 aromatic rings. The fourth-order valence-electron chi connectivity index (χ4n) is 4.94. The monoisotopic (exact) mass is 447 g/mol. The van der Waals surface area contributed by atoms with Crippen LogP contribution in [0.2, 0.25) is 5.02 Å². The van der Waals surface area contributed by atoms with Gasteiger partial charge in [0.15, 0.2) is 5.69 Å². The molecule has 1 aromatic heterocycles. The van der Waals surface area contributed by atoms with Crippen molar-refractivity contribution >= 4 is 35.0 Å². The zero-order valence-electron chi connectivity index (χ0n) is 17.0. The Morgan fingerprint density at radius 2 is 1.81 bits per heavy atom. The summed E-state index contributed by atoms with van der Waals surface area (Å²) < 4.78 is 15.0. The summed E-state index contributed by atoms with van der Waals surface area (Å²) in [6.45, 7) is 0. The van der Waals surface area contributed by atoms with Gasteiger partial charge in [0, 0.05) is 18.0 Å². The van der Waals surface area contributed by atoms with Gasteiger partial charge in [0.1, 0.15) is 11.5 Å². The maximum atomic E-state index is 13.3. The Labute approximate surface area is 183 Å². The van der Waals surface area contributed by atoms with Crippen LogP contribution in [-0.4, -0.2) is 34.3 Å². The van der Waals surface area contributed by atoms with Gasteiger partial charge in [-0.1, -0.05) is 11.6 Å². The van der Waals surface area contributed by atoms with Crippen molar-refractivity contribution in [1.82, 2.24) is 14.9 Å². The molecule has 10 heteroatoms. The summed E-state index contributed by atoms with van der Waals surface area (Å²) in [7, 11) is 1.46. The van der Waals surface area contributed by atoms with Crippen LogP contribution in [-0.2, 0) is 10.3 Å². The highest BCUT2D eigenvalue weighted by atomic mass is 35.5. The Morgan fingerprint density at radius 3 is 2.35 bits per heavy atom. The molecule has 0 spiro atoms. The summed E-state index contributed by atoms with van der Waals surface area (Å²) in [6, 6.07) is 3.86. The average Bonchev–Trinajstić information content (AvgIpc) is 3.23. The highest BCUT2D eigenvalue weighted by Crippen LogP contribution is 2.56. The molecule has 164 valence electrons. The summed E-state index contributed by atoms with van der Waals surface area (Å²) in [5.74, 6) is -1.79. The van der Waals surface area contributed by atoms with E-state index in [0.717, 1.165) is 6.07 Å². The molecule has 8 nitrogen and oxygen atoms in total. The number of rotatable bonds is 5. The van der Waals surface area contributed by atoms with Gasteiger partial charge in [0.2, 0.25) is 5.91 Å². The van der Waals surface area contributed by atoms with Crippen molar-refractivity contribution in [2.45, 2.75) is 44.1 Å². The average molecular weight is 448 g/mol. The van der Waals surface area contributed by atoms with Crippen LogP contribution in [0, 0.1) is 11.2 Å². The summed E-state index contributed by atoms with van der Waals surface area (Å²) in [5, 5.41) is 5.47. The van der Waals surface area contributed by atoms with E-state index in [2.05, 4.69) is 15.6 Å². The van der Waals surface area contributed by atoms with Gasteiger partial charge in [-0.2, -0.15) is 0 Å². The molecule has 3 fully saturated rings. The summed E-state index contributed by atoms with van der Waals surface area (Å²) in [4.78, 5) is 41.5. The zero-order valence-corrected chi connectivity index (χ0v) is 17.8. The number of fused-ring (bicyclic) bond motifs is 3. The number of primary amides is 1. The minimum Gasteiger partial charge on any atom is -0.364 e. The van der Waals surface area contributed by atoms with E-state index in [-0.39, 0.29) is 22.3 Å². The minimum atomic E-state index is -0.712. The van der Waals surface area contributed by atoms with Crippen LogP contribution in [0.25, 0.3) is 0 Å². The quantitative estimate of drug-likeness (QED) is 0.652. The Bertz CT molecular complexity index is 1060. The van der Waals surface area contributed by atoms with Crippen molar-refractivity contribution in [3.8, 4) is 0 Å². The molecule has 31 heavy (non-hydrogen) atoms. The third-order valence-corrected chi connectivity index (χ3v) is 7.13. The van der Waals surface area contributed by atoms with Crippen molar-refractivity contribution in [2.24, 2.45) is 11.1 Å². The van der Waals surface area contributed by atoms with Crippen molar-refractivity contribution in [3.05, 3.63) is 46.8 Å². The van der Waals surface area contributed by atoms with Gasteiger partial charge >= 0.3 is 0 Å². The first-order valence-corrected chi connectivity index (χ1v) is 10.5. The van der Waals surface area contributed by atoms with Gasteiger partial charge < -0.3 is 20.9 Å². The third kappa shape index (κ3) is 3.46. The van der Waals surface area contributed by atoms with Gasteiger partial charge in [0.25, 0.3) is 11.8 Å². The molecule has 0 unspecified atom stereocenters. The second-order valence-electron chi connectivity index (χ2n) is 8.34. The molecule has 3 amide bonds. The molecule has 0 aliphatic heterocycles. The van der Waals surface area contributed by atoms with Crippen molar-refractivity contribution in [3.63, 3.8) is 0 Å². The number of benzene rings is 1. The number of nitrogens with one attached hydrogen (secondary N) is 2. The Kier molecular flexibility index (Phi) is 5.25. The predicted molar refractivity (Wildman–Crippen MR) is 112 cm³/mol. The standard InChI is InChI=1S/C21H23ClFN5O3/c1-25-18(30)15-16(17(24)29)28(11-26-15)21-7-4-20(5-8-21,6-9-21)19(31)27-14-3-2-12(23)10-13(14)22/h2-3,10-11H,4-9H2,1H3,(H2,24,29)(H,25,30)(H,27,31). The number of anilines is 1. The van der Waals surface area contributed by atoms with Gasteiger partial charge in [-0.05, 0) is 56.7 Å². The van der Waals surface area contributed by atoms with Crippen molar-refractivity contribution in [1.29, 1.82) is 0 Å². The molecule has 3 aliphatic rings. The number of carbonyl (C=O) groups excluding carboxylic acids is 3. The van der Waals surface area contributed by atoms with Crippen LogP contribution < -0.4 is 16.4 Å². The summed E-state index contributed by atoms with van der Waals surface area (Å²) in [6.07, 6.45) is 5.22. The third-order valence-electron chi connectivity index (χ3n) is 6.82. The van der Waals surface area contributed by atoms with E-state index in [0.29, 0.717) is 44.2 Å². The molecule has 0 saturated heterocycles. The van der Waals surface area contributed by atoms with Gasteiger partial charge in [-0.25, -0.2) is 9.37 Å². The lowest BCUT2D eigenvalue weighted by atomic mass is 9.56.